The van der Waals surface area contributed by atoms with Crippen LogP contribution in [0.25, 0.3) is 0 Å². The van der Waals surface area contributed by atoms with Crippen LogP contribution in [0.4, 0.5) is 0 Å². The smallest absolute Gasteiger partial charge is 0.332 e. The normalized spacial score (nSPS) is 11.1. The second-order valence-electron chi connectivity index (χ2n) is 2.98. The number of hydrogen-bond acceptors (Lipinski definition) is 2. The van der Waals surface area contributed by atoms with E-state index >= 15 is 0 Å². The molecule has 2 N–H and O–H groups in total. The molecule has 4 heteroatoms. The van der Waals surface area contributed by atoms with Gasteiger partial charge in [0.1, 0.15) is 0 Å². The Balaban J connectivity index is 2.86. The van der Waals surface area contributed by atoms with Crippen LogP contribution in [0.3, 0.4) is 0 Å². The molecule has 1 aromatic rings. The highest BCUT2D eigenvalue weighted by molar-refractivity contribution is 5.94. The van der Waals surface area contributed by atoms with Gasteiger partial charge in [0.25, 0.3) is 0 Å². The lowest BCUT2D eigenvalue weighted by atomic mass is 10.1. The molecule has 4 nitrogen and oxygen atoms in total. The zero-order valence-corrected chi connectivity index (χ0v) is 7.88. The maximum atomic E-state index is 10.7. The molecule has 1 aromatic carbocycles. The van der Waals surface area contributed by atoms with E-state index in [1.54, 1.807) is 24.3 Å². The molecule has 0 aliphatic carbocycles. The van der Waals surface area contributed by atoms with Crippen molar-refractivity contribution in [3.8, 4) is 0 Å². The molecule has 1 rings (SSSR count). The second-order valence-corrected chi connectivity index (χ2v) is 2.98. The molecule has 78 valence electrons. The molecule has 0 atom stereocenters. The third-order valence-corrected chi connectivity index (χ3v) is 1.81. The first kappa shape index (κ1) is 11.0. The van der Waals surface area contributed by atoms with E-state index in [9.17, 15) is 9.59 Å². The number of carboxylic acids is 2. The summed E-state index contributed by atoms with van der Waals surface area (Å²) >= 11 is 0. The van der Waals surface area contributed by atoms with Gasteiger partial charge in [0.15, 0.2) is 0 Å². The molecule has 0 heterocycles. The highest BCUT2D eigenvalue weighted by atomic mass is 16.4. The van der Waals surface area contributed by atoms with Crippen molar-refractivity contribution in [1.29, 1.82) is 0 Å². The summed E-state index contributed by atoms with van der Waals surface area (Å²) in [5.74, 6) is -2.45. The fourth-order valence-corrected chi connectivity index (χ4v) is 1.15. The van der Waals surface area contributed by atoms with E-state index in [1.807, 2.05) is 6.07 Å². The summed E-state index contributed by atoms with van der Waals surface area (Å²) in [6.45, 7) is 0. The predicted molar refractivity (Wildman–Crippen MR) is 53.5 cm³/mol. The lowest BCUT2D eigenvalue weighted by Crippen LogP contribution is -2.06. The van der Waals surface area contributed by atoms with Crippen molar-refractivity contribution in [2.45, 2.75) is 6.42 Å². The summed E-state index contributed by atoms with van der Waals surface area (Å²) in [5, 5.41) is 17.2. The van der Waals surface area contributed by atoms with Crippen molar-refractivity contribution in [3.63, 3.8) is 0 Å². The molecule has 0 saturated heterocycles. The maximum absolute atomic E-state index is 10.7. The van der Waals surface area contributed by atoms with Crippen LogP contribution in [0, 0.1) is 0 Å². The highest BCUT2D eigenvalue weighted by Crippen LogP contribution is 2.07. The van der Waals surface area contributed by atoms with Gasteiger partial charge in [-0.15, -0.1) is 0 Å². The Hall–Kier alpha value is -2.10. The fraction of sp³-hybridized carbons (Fsp3) is 0.0909. The maximum Gasteiger partial charge on any atom is 0.332 e. The standard InChI is InChI=1S/C11H10O4/c12-10(13)7-9(11(14)15)6-8-4-2-1-3-5-8/h1-5,7H,6H2,(H,12,13)(H,14,15)/b9-7+. The third-order valence-electron chi connectivity index (χ3n) is 1.81. The molecule has 0 unspecified atom stereocenters. The molecule has 0 radical (unpaired) electrons. The van der Waals surface area contributed by atoms with Gasteiger partial charge in [-0.2, -0.15) is 0 Å². The average molecular weight is 206 g/mol. The Bertz CT molecular complexity index is 392. The van der Waals surface area contributed by atoms with Crippen molar-refractivity contribution in [2.24, 2.45) is 0 Å². The minimum atomic E-state index is -1.25. The number of hydrogen-bond donors (Lipinski definition) is 2. The average Bonchev–Trinajstić information content (AvgIpc) is 2.17. The summed E-state index contributed by atoms with van der Waals surface area (Å²) in [6, 6.07) is 8.85. The van der Waals surface area contributed by atoms with Crippen LogP contribution in [0.2, 0.25) is 0 Å². The number of aliphatic carboxylic acids is 2. The zero-order chi connectivity index (χ0) is 11.3. The molecule has 0 fully saturated rings. The predicted octanol–water partition coefficient (Wildman–Crippen LogP) is 1.32. The zero-order valence-electron chi connectivity index (χ0n) is 7.88. The quantitative estimate of drug-likeness (QED) is 0.728. The van der Waals surface area contributed by atoms with E-state index in [2.05, 4.69) is 0 Å². The van der Waals surface area contributed by atoms with Gasteiger partial charge in [-0.25, -0.2) is 9.59 Å². The molecule has 0 bridgehead atoms. The van der Waals surface area contributed by atoms with E-state index in [1.165, 1.54) is 0 Å². The van der Waals surface area contributed by atoms with Gasteiger partial charge in [-0.05, 0) is 5.56 Å². The topological polar surface area (TPSA) is 74.6 Å². The first-order valence-electron chi connectivity index (χ1n) is 4.30. The van der Waals surface area contributed by atoms with Crippen molar-refractivity contribution in [2.75, 3.05) is 0 Å². The third kappa shape index (κ3) is 3.64. The molecule has 0 amide bonds. The number of carboxylic acid groups (broad SMARTS) is 2. The van der Waals surface area contributed by atoms with Gasteiger partial charge in [0.05, 0.1) is 0 Å². The van der Waals surface area contributed by atoms with E-state index in [0.717, 1.165) is 11.6 Å². The number of benzene rings is 1. The molecular formula is C11H10O4. The first-order chi connectivity index (χ1) is 7.09. The van der Waals surface area contributed by atoms with E-state index in [-0.39, 0.29) is 12.0 Å². The van der Waals surface area contributed by atoms with Gasteiger partial charge in [0, 0.05) is 18.1 Å². The minimum absolute atomic E-state index is 0.114. The number of rotatable bonds is 4. The first-order valence-corrected chi connectivity index (χ1v) is 4.30. The van der Waals surface area contributed by atoms with Crippen LogP contribution >= 0.6 is 0 Å². The van der Waals surface area contributed by atoms with E-state index in [0.29, 0.717) is 0 Å². The van der Waals surface area contributed by atoms with Crippen LogP contribution < -0.4 is 0 Å². The van der Waals surface area contributed by atoms with Crippen LogP contribution in [0.1, 0.15) is 5.56 Å². The molecule has 0 spiro atoms. The van der Waals surface area contributed by atoms with Crippen LogP contribution in [0.15, 0.2) is 42.0 Å². The summed E-state index contributed by atoms with van der Waals surface area (Å²) in [6.07, 6.45) is 0.831. The molecule has 0 aromatic heterocycles. The van der Waals surface area contributed by atoms with Crippen LogP contribution in [-0.4, -0.2) is 22.2 Å². The molecule has 0 aliphatic heterocycles. The van der Waals surface area contributed by atoms with Crippen molar-refractivity contribution in [1.82, 2.24) is 0 Å². The largest absolute Gasteiger partial charge is 0.478 e. The molecular weight excluding hydrogens is 196 g/mol. The van der Waals surface area contributed by atoms with Gasteiger partial charge in [0.2, 0.25) is 0 Å². The van der Waals surface area contributed by atoms with Crippen molar-refractivity contribution in [3.05, 3.63) is 47.5 Å². The monoisotopic (exact) mass is 206 g/mol. The highest BCUT2D eigenvalue weighted by Gasteiger charge is 2.09. The molecule has 15 heavy (non-hydrogen) atoms. The van der Waals surface area contributed by atoms with Gasteiger partial charge < -0.3 is 10.2 Å². The Labute approximate surface area is 86.5 Å². The lowest BCUT2D eigenvalue weighted by molar-refractivity contribution is -0.135. The Morgan fingerprint density at radius 2 is 1.73 bits per heavy atom. The summed E-state index contributed by atoms with van der Waals surface area (Å²) in [7, 11) is 0. The van der Waals surface area contributed by atoms with Crippen molar-refractivity contribution < 1.29 is 19.8 Å². The van der Waals surface area contributed by atoms with Gasteiger partial charge >= 0.3 is 11.9 Å². The van der Waals surface area contributed by atoms with E-state index < -0.39 is 11.9 Å². The van der Waals surface area contributed by atoms with Crippen molar-refractivity contribution >= 4 is 11.9 Å². The molecule has 0 saturated carbocycles. The van der Waals surface area contributed by atoms with Gasteiger partial charge in [-0.1, -0.05) is 30.3 Å². The second kappa shape index (κ2) is 4.95. The van der Waals surface area contributed by atoms with Crippen LogP contribution in [0.5, 0.6) is 0 Å². The summed E-state index contributed by atoms with van der Waals surface area (Å²) in [4.78, 5) is 21.1. The Morgan fingerprint density at radius 3 is 2.20 bits per heavy atom. The minimum Gasteiger partial charge on any atom is -0.478 e. The van der Waals surface area contributed by atoms with Crippen LogP contribution in [-0.2, 0) is 16.0 Å². The Morgan fingerprint density at radius 1 is 1.13 bits per heavy atom. The molecule has 0 aliphatic rings. The fourth-order valence-electron chi connectivity index (χ4n) is 1.15. The Kier molecular flexibility index (Phi) is 3.62. The SMILES string of the molecule is O=C(O)/C=C(\Cc1ccccc1)C(=O)O. The van der Waals surface area contributed by atoms with Gasteiger partial charge in [-0.3, -0.25) is 0 Å². The lowest BCUT2D eigenvalue weighted by Gasteiger charge is -2.01. The number of carbonyl (C=O) groups is 2. The summed E-state index contributed by atoms with van der Waals surface area (Å²) in [5.41, 5.74) is 0.640. The van der Waals surface area contributed by atoms with E-state index in [4.69, 9.17) is 10.2 Å². The summed E-state index contributed by atoms with van der Waals surface area (Å²) < 4.78 is 0.